The Kier molecular flexibility index (Phi) is 7.05. The quantitative estimate of drug-likeness (QED) is 0.254. The molecule has 0 aromatic heterocycles. The second-order valence-corrected chi connectivity index (χ2v) is 12.8. The zero-order valence-corrected chi connectivity index (χ0v) is 22.0. The number of carbonyl (C=O) groups is 1. The molecule has 4 aliphatic carbocycles. The van der Waals surface area contributed by atoms with Gasteiger partial charge in [-0.3, -0.25) is 4.79 Å². The summed E-state index contributed by atoms with van der Waals surface area (Å²) in [6.07, 6.45) is 12.7. The van der Waals surface area contributed by atoms with Crippen LogP contribution < -0.4 is 0 Å². The zero-order valence-electron chi connectivity index (χ0n) is 22.0. The first-order valence-corrected chi connectivity index (χ1v) is 13.7. The third-order valence-electron chi connectivity index (χ3n) is 10.5. The fraction of sp³-hybridized carbons (Fsp3) is 0.862. The van der Waals surface area contributed by atoms with E-state index in [1.165, 1.54) is 51.0 Å². The summed E-state index contributed by atoms with van der Waals surface area (Å²) in [6, 6.07) is 0. The van der Waals surface area contributed by atoms with Gasteiger partial charge in [-0.15, -0.1) is 0 Å². The maximum Gasteiger partial charge on any atom is 0.302 e. The van der Waals surface area contributed by atoms with Crippen molar-refractivity contribution in [2.75, 3.05) is 0 Å². The van der Waals surface area contributed by atoms with Gasteiger partial charge in [0.05, 0.1) is 5.71 Å². The summed E-state index contributed by atoms with van der Waals surface area (Å²) in [6.45, 7) is 13.7. The van der Waals surface area contributed by atoms with Crippen molar-refractivity contribution in [1.29, 1.82) is 0 Å². The van der Waals surface area contributed by atoms with Gasteiger partial charge < -0.3 is 9.94 Å². The van der Waals surface area contributed by atoms with E-state index in [4.69, 9.17) is 4.74 Å². The molecule has 0 amide bonds. The molecule has 0 radical (unpaired) electrons. The van der Waals surface area contributed by atoms with Gasteiger partial charge in [-0.1, -0.05) is 64.6 Å². The van der Waals surface area contributed by atoms with Gasteiger partial charge in [0.2, 0.25) is 0 Å². The molecule has 0 heterocycles. The van der Waals surface area contributed by atoms with Crippen molar-refractivity contribution in [3.05, 3.63) is 11.1 Å². The Morgan fingerprint density at radius 3 is 2.58 bits per heavy atom. The van der Waals surface area contributed by atoms with Crippen LogP contribution in [-0.4, -0.2) is 23.0 Å². The number of hydrogen-bond donors (Lipinski definition) is 1. The first-order valence-electron chi connectivity index (χ1n) is 13.7. The van der Waals surface area contributed by atoms with Gasteiger partial charge in [-0.25, -0.2) is 0 Å². The molecule has 186 valence electrons. The van der Waals surface area contributed by atoms with Crippen LogP contribution in [0, 0.1) is 40.4 Å². The fourth-order valence-electron chi connectivity index (χ4n) is 8.64. The van der Waals surface area contributed by atoms with Crippen molar-refractivity contribution in [1.82, 2.24) is 0 Å². The second-order valence-electron chi connectivity index (χ2n) is 12.8. The highest BCUT2D eigenvalue weighted by Gasteiger charge is 2.57. The third-order valence-corrected chi connectivity index (χ3v) is 10.5. The molecule has 0 saturated heterocycles. The van der Waals surface area contributed by atoms with E-state index >= 15 is 0 Å². The van der Waals surface area contributed by atoms with Crippen molar-refractivity contribution in [2.45, 2.75) is 118 Å². The van der Waals surface area contributed by atoms with E-state index in [-0.39, 0.29) is 17.5 Å². The van der Waals surface area contributed by atoms with Crippen LogP contribution in [0.5, 0.6) is 0 Å². The SMILES string of the molecule is CC(=O)O[C@H]1CC[C@]2(C)C3=C(/C(=N/O)C[C@H]2C1)[C@@H]1CC[C@H]([C@H](C)CCCC(C)C)[C@@]1(C)CC3. The number of rotatable bonds is 6. The van der Waals surface area contributed by atoms with E-state index in [1.807, 2.05) is 0 Å². The molecule has 0 bridgehead atoms. The first kappa shape index (κ1) is 24.8. The molecule has 0 spiro atoms. The second kappa shape index (κ2) is 9.38. The van der Waals surface area contributed by atoms with E-state index in [0.717, 1.165) is 55.6 Å². The molecule has 1 N–H and O–H groups in total. The number of ether oxygens (including phenoxy) is 1. The molecular weight excluding hydrogens is 410 g/mol. The molecule has 4 aliphatic rings. The van der Waals surface area contributed by atoms with Crippen LogP contribution in [0.25, 0.3) is 0 Å². The lowest BCUT2D eigenvalue weighted by Gasteiger charge is -2.55. The minimum atomic E-state index is -0.177. The van der Waals surface area contributed by atoms with Crippen LogP contribution in [0.15, 0.2) is 16.3 Å². The average Bonchev–Trinajstić information content (AvgIpc) is 3.10. The van der Waals surface area contributed by atoms with Crippen molar-refractivity contribution in [2.24, 2.45) is 45.6 Å². The van der Waals surface area contributed by atoms with Gasteiger partial charge in [-0.2, -0.15) is 0 Å². The molecule has 0 aromatic rings. The maximum atomic E-state index is 11.6. The van der Waals surface area contributed by atoms with E-state index in [0.29, 0.717) is 17.3 Å². The van der Waals surface area contributed by atoms with E-state index in [1.54, 1.807) is 5.57 Å². The molecule has 0 aromatic carbocycles. The van der Waals surface area contributed by atoms with Crippen LogP contribution >= 0.6 is 0 Å². The smallest absolute Gasteiger partial charge is 0.302 e. The topological polar surface area (TPSA) is 58.9 Å². The van der Waals surface area contributed by atoms with Crippen LogP contribution in [0.3, 0.4) is 0 Å². The molecule has 7 atom stereocenters. The Balaban J connectivity index is 1.58. The molecule has 2 saturated carbocycles. The lowest BCUT2D eigenvalue weighted by atomic mass is 9.50. The van der Waals surface area contributed by atoms with Gasteiger partial charge in [0, 0.05) is 6.92 Å². The standard InChI is InChI=1S/C29H47NO3/c1-18(2)8-7-9-19(3)23-10-11-24-27-25(13-15-29(23,24)6)28(5)14-12-22(33-20(4)31)16-21(28)17-26(27)30-32/h18-19,21-24,32H,7-17H2,1-6H3/b30-26+/t19-,21-,22+,23-,24+,28+,29-/m1/s1. The highest BCUT2D eigenvalue weighted by molar-refractivity contribution is 6.02. The van der Waals surface area contributed by atoms with Crippen LogP contribution in [0.2, 0.25) is 0 Å². The Morgan fingerprint density at radius 1 is 1.15 bits per heavy atom. The summed E-state index contributed by atoms with van der Waals surface area (Å²) in [7, 11) is 0. The Bertz CT molecular complexity index is 814. The molecule has 4 rings (SSSR count). The summed E-state index contributed by atoms with van der Waals surface area (Å²) in [4.78, 5) is 11.6. The molecule has 4 heteroatoms. The number of oxime groups is 1. The summed E-state index contributed by atoms with van der Waals surface area (Å²) in [5.41, 5.74) is 4.45. The van der Waals surface area contributed by atoms with Crippen molar-refractivity contribution < 1.29 is 14.7 Å². The number of nitrogens with zero attached hydrogens (tertiary/aromatic N) is 1. The molecule has 2 fully saturated rings. The highest BCUT2D eigenvalue weighted by atomic mass is 16.5. The van der Waals surface area contributed by atoms with Gasteiger partial charge in [-0.05, 0) is 97.4 Å². The number of esters is 1. The summed E-state index contributed by atoms with van der Waals surface area (Å²) in [5.74, 6) is 3.09. The largest absolute Gasteiger partial charge is 0.463 e. The lowest BCUT2D eigenvalue weighted by Crippen LogP contribution is -2.48. The maximum absolute atomic E-state index is 11.6. The number of hydrogen-bond acceptors (Lipinski definition) is 4. The minimum absolute atomic E-state index is 0.0130. The molecule has 0 aliphatic heterocycles. The predicted octanol–water partition coefficient (Wildman–Crippen LogP) is 7.54. The van der Waals surface area contributed by atoms with Crippen molar-refractivity contribution >= 4 is 11.7 Å². The Hall–Kier alpha value is -1.32. The lowest BCUT2D eigenvalue weighted by molar-refractivity contribution is -0.150. The van der Waals surface area contributed by atoms with Gasteiger partial charge >= 0.3 is 5.97 Å². The van der Waals surface area contributed by atoms with E-state index in [2.05, 4.69) is 39.8 Å². The first-order chi connectivity index (χ1) is 15.6. The summed E-state index contributed by atoms with van der Waals surface area (Å²) >= 11 is 0. The van der Waals surface area contributed by atoms with Crippen LogP contribution in [0.1, 0.15) is 112 Å². The van der Waals surface area contributed by atoms with E-state index in [9.17, 15) is 10.0 Å². The Labute approximate surface area is 201 Å². The molecule has 33 heavy (non-hydrogen) atoms. The zero-order chi connectivity index (χ0) is 24.0. The van der Waals surface area contributed by atoms with Gasteiger partial charge in [0.25, 0.3) is 0 Å². The minimum Gasteiger partial charge on any atom is -0.463 e. The van der Waals surface area contributed by atoms with Crippen LogP contribution in [-0.2, 0) is 9.53 Å². The van der Waals surface area contributed by atoms with Gasteiger partial charge in [0.1, 0.15) is 6.10 Å². The molecule has 0 unspecified atom stereocenters. The fourth-order valence-corrected chi connectivity index (χ4v) is 8.64. The van der Waals surface area contributed by atoms with Crippen molar-refractivity contribution in [3.8, 4) is 0 Å². The Morgan fingerprint density at radius 2 is 1.91 bits per heavy atom. The van der Waals surface area contributed by atoms with Crippen LogP contribution in [0.4, 0.5) is 0 Å². The number of allylic oxidation sites excluding steroid dienone is 2. The number of fused-ring (bicyclic) bond motifs is 4. The van der Waals surface area contributed by atoms with Gasteiger partial charge in [0.15, 0.2) is 0 Å². The normalized spacial score (nSPS) is 40.4. The number of carbonyl (C=O) groups excluding carboxylic acids is 1. The van der Waals surface area contributed by atoms with Crippen molar-refractivity contribution in [3.63, 3.8) is 0 Å². The molecular formula is C29H47NO3. The summed E-state index contributed by atoms with van der Waals surface area (Å²) < 4.78 is 5.61. The van der Waals surface area contributed by atoms with E-state index < -0.39 is 0 Å². The highest BCUT2D eigenvalue weighted by Crippen LogP contribution is 2.65. The third kappa shape index (κ3) is 4.41. The molecule has 4 nitrogen and oxygen atoms in total. The summed E-state index contributed by atoms with van der Waals surface area (Å²) in [5, 5.41) is 14.1. The average molecular weight is 458 g/mol. The monoisotopic (exact) mass is 457 g/mol. The predicted molar refractivity (Wildman–Crippen MR) is 133 cm³/mol.